The van der Waals surface area contributed by atoms with Crippen molar-refractivity contribution in [2.75, 3.05) is 0 Å². The topological polar surface area (TPSA) is 0 Å². The monoisotopic (exact) mass is 404 g/mol. The summed E-state index contributed by atoms with van der Waals surface area (Å²) in [4.78, 5) is 1.49. The Bertz CT molecular complexity index is 1270. The van der Waals surface area contributed by atoms with E-state index in [1.54, 1.807) is 0 Å². The summed E-state index contributed by atoms with van der Waals surface area (Å²) in [7, 11) is 0. The first-order valence-corrected chi connectivity index (χ1v) is 11.5. The molecule has 4 aromatic carbocycles. The quantitative estimate of drug-likeness (QED) is 0.288. The van der Waals surface area contributed by atoms with Crippen molar-refractivity contribution in [3.8, 4) is 22.3 Å². The molecule has 0 amide bonds. The van der Waals surface area contributed by atoms with Gasteiger partial charge in [0.15, 0.2) is 0 Å². The molecule has 0 saturated carbocycles. The molecule has 0 fully saturated rings. The maximum Gasteiger partial charge on any atom is 0.0417 e. The Morgan fingerprint density at radius 1 is 0.600 bits per heavy atom. The maximum atomic E-state index is 2.38. The van der Waals surface area contributed by atoms with Gasteiger partial charge in [0.25, 0.3) is 0 Å². The Balaban J connectivity index is 1.72. The summed E-state index contributed by atoms with van der Waals surface area (Å²) in [5, 5.41) is 0. The third kappa shape index (κ3) is 2.62. The fourth-order valence-corrected chi connectivity index (χ4v) is 6.74. The van der Waals surface area contributed by atoms with E-state index < -0.39 is 0 Å². The smallest absolute Gasteiger partial charge is 0.0417 e. The first-order valence-electron chi connectivity index (χ1n) is 10.7. The molecular formula is C29H24S. The predicted octanol–water partition coefficient (Wildman–Crippen LogP) is 7.86. The van der Waals surface area contributed by atoms with E-state index >= 15 is 0 Å². The molecule has 0 radical (unpaired) electrons. The van der Waals surface area contributed by atoms with Crippen LogP contribution in [0.3, 0.4) is 0 Å². The Labute approximate surface area is 183 Å². The molecule has 0 N–H and O–H groups in total. The second-order valence-electron chi connectivity index (χ2n) is 8.88. The highest BCUT2D eigenvalue weighted by Crippen LogP contribution is 2.63. The van der Waals surface area contributed by atoms with E-state index in [2.05, 4.69) is 98.8 Å². The number of hydrogen-bond donors (Lipinski definition) is 0. The molecule has 0 saturated heterocycles. The largest absolute Gasteiger partial charge is 0.114 e. The molecule has 146 valence electrons. The summed E-state index contributed by atoms with van der Waals surface area (Å²) in [6.45, 7) is 4.76. The van der Waals surface area contributed by atoms with E-state index in [-0.39, 0.29) is 4.75 Å². The van der Waals surface area contributed by atoms with Gasteiger partial charge < -0.3 is 0 Å². The lowest BCUT2D eigenvalue weighted by Gasteiger charge is -2.44. The van der Waals surface area contributed by atoms with Gasteiger partial charge in [-0.15, -0.1) is 11.8 Å². The van der Waals surface area contributed by atoms with Gasteiger partial charge in [0.2, 0.25) is 0 Å². The summed E-state index contributed by atoms with van der Waals surface area (Å²) >= 11 is 2.04. The molecule has 0 nitrogen and oxygen atoms in total. The van der Waals surface area contributed by atoms with E-state index in [0.29, 0.717) is 0 Å². The Morgan fingerprint density at radius 3 is 1.60 bits per heavy atom. The molecule has 2 aliphatic rings. The lowest BCUT2D eigenvalue weighted by molar-refractivity contribution is 0.724. The number of hydrogen-bond acceptors (Lipinski definition) is 1. The highest BCUT2D eigenvalue weighted by Gasteiger charge is 2.43. The van der Waals surface area contributed by atoms with Crippen LogP contribution in [0.4, 0.5) is 0 Å². The second-order valence-corrected chi connectivity index (χ2v) is 10.5. The van der Waals surface area contributed by atoms with Crippen molar-refractivity contribution < 1.29 is 0 Å². The normalized spacial score (nSPS) is 15.5. The SMILES string of the molecule is CC1(C)Sc2c(-c3ccccc3)c3c(c(-c4ccccc4)c21)Cc1ccccc1C3. The molecule has 1 heteroatoms. The van der Waals surface area contributed by atoms with Gasteiger partial charge in [-0.1, -0.05) is 84.9 Å². The van der Waals surface area contributed by atoms with E-state index in [1.165, 1.54) is 55.0 Å². The fourth-order valence-electron chi connectivity index (χ4n) is 5.27. The molecule has 4 aromatic rings. The first kappa shape index (κ1) is 18.0. The molecule has 1 aliphatic heterocycles. The van der Waals surface area contributed by atoms with Crippen LogP contribution in [0.25, 0.3) is 22.3 Å². The van der Waals surface area contributed by atoms with Crippen LogP contribution in [-0.2, 0) is 17.6 Å². The molecule has 6 rings (SSSR count). The fraction of sp³-hybridized carbons (Fsp3) is 0.172. The van der Waals surface area contributed by atoms with E-state index in [0.717, 1.165) is 12.8 Å². The van der Waals surface area contributed by atoms with Crippen LogP contribution >= 0.6 is 11.8 Å². The van der Waals surface area contributed by atoms with E-state index in [4.69, 9.17) is 0 Å². The Hall–Kier alpha value is -2.77. The Kier molecular flexibility index (Phi) is 3.98. The molecule has 0 bridgehead atoms. The predicted molar refractivity (Wildman–Crippen MR) is 128 cm³/mol. The van der Waals surface area contributed by atoms with Crippen molar-refractivity contribution in [2.45, 2.75) is 36.3 Å². The zero-order valence-electron chi connectivity index (χ0n) is 17.4. The lowest BCUT2D eigenvalue weighted by atomic mass is 9.74. The highest BCUT2D eigenvalue weighted by atomic mass is 32.2. The second kappa shape index (κ2) is 6.62. The maximum absolute atomic E-state index is 2.38. The summed E-state index contributed by atoms with van der Waals surface area (Å²) in [6, 6.07) is 31.1. The molecule has 1 aliphatic carbocycles. The van der Waals surface area contributed by atoms with Crippen molar-refractivity contribution in [3.63, 3.8) is 0 Å². The summed E-state index contributed by atoms with van der Waals surface area (Å²) in [5.74, 6) is 0. The van der Waals surface area contributed by atoms with Gasteiger partial charge in [-0.25, -0.2) is 0 Å². The molecule has 1 heterocycles. The van der Waals surface area contributed by atoms with Gasteiger partial charge in [0.05, 0.1) is 0 Å². The third-order valence-corrected chi connectivity index (χ3v) is 7.94. The standard InChI is InChI=1S/C29H24S/c1-29(2)27-25(19-11-5-3-6-12-19)23-17-21-15-9-10-16-22(21)18-24(23)26(28(27)30-29)20-13-7-4-8-14-20/h3-16H,17-18H2,1-2H3. The van der Waals surface area contributed by atoms with Crippen molar-refractivity contribution in [1.82, 2.24) is 0 Å². The minimum atomic E-state index is 0.135. The van der Waals surface area contributed by atoms with Crippen LogP contribution in [0.1, 0.15) is 41.7 Å². The van der Waals surface area contributed by atoms with Gasteiger partial charge in [0.1, 0.15) is 0 Å². The first-order chi connectivity index (χ1) is 14.6. The zero-order chi connectivity index (χ0) is 20.3. The molecule has 0 aromatic heterocycles. The lowest BCUT2D eigenvalue weighted by Crippen LogP contribution is -2.27. The number of thioether (sulfide) groups is 1. The van der Waals surface area contributed by atoms with Crippen LogP contribution in [0, 0.1) is 0 Å². The van der Waals surface area contributed by atoms with Gasteiger partial charge >= 0.3 is 0 Å². The van der Waals surface area contributed by atoms with Crippen LogP contribution in [-0.4, -0.2) is 0 Å². The minimum absolute atomic E-state index is 0.135. The third-order valence-electron chi connectivity index (χ3n) is 6.61. The Morgan fingerprint density at radius 2 is 1.07 bits per heavy atom. The summed E-state index contributed by atoms with van der Waals surface area (Å²) in [6.07, 6.45) is 2.04. The number of rotatable bonds is 2. The van der Waals surface area contributed by atoms with Crippen molar-refractivity contribution in [1.29, 1.82) is 0 Å². The molecule has 30 heavy (non-hydrogen) atoms. The van der Waals surface area contributed by atoms with Gasteiger partial charge in [-0.3, -0.25) is 0 Å². The van der Waals surface area contributed by atoms with Crippen LogP contribution in [0.15, 0.2) is 89.8 Å². The van der Waals surface area contributed by atoms with Crippen molar-refractivity contribution in [3.05, 3.63) is 113 Å². The highest BCUT2D eigenvalue weighted by molar-refractivity contribution is 8.01. The van der Waals surface area contributed by atoms with E-state index in [9.17, 15) is 0 Å². The van der Waals surface area contributed by atoms with Crippen molar-refractivity contribution >= 4 is 11.8 Å². The molecule has 0 unspecified atom stereocenters. The summed E-state index contributed by atoms with van der Waals surface area (Å²) < 4.78 is 0.135. The molecule has 0 spiro atoms. The average molecular weight is 405 g/mol. The zero-order valence-corrected chi connectivity index (χ0v) is 18.2. The number of benzene rings is 4. The van der Waals surface area contributed by atoms with Crippen LogP contribution in [0.2, 0.25) is 0 Å². The van der Waals surface area contributed by atoms with Crippen LogP contribution < -0.4 is 0 Å². The summed E-state index contributed by atoms with van der Waals surface area (Å²) in [5.41, 5.74) is 13.2. The van der Waals surface area contributed by atoms with Gasteiger partial charge in [-0.05, 0) is 76.8 Å². The number of fused-ring (bicyclic) bond motifs is 3. The van der Waals surface area contributed by atoms with Gasteiger partial charge in [0, 0.05) is 9.64 Å². The van der Waals surface area contributed by atoms with Gasteiger partial charge in [-0.2, -0.15) is 0 Å². The van der Waals surface area contributed by atoms with E-state index in [1.807, 2.05) is 11.8 Å². The van der Waals surface area contributed by atoms with Crippen molar-refractivity contribution in [2.24, 2.45) is 0 Å². The van der Waals surface area contributed by atoms with Crippen LogP contribution in [0.5, 0.6) is 0 Å². The minimum Gasteiger partial charge on any atom is -0.114 e. The molecule has 0 atom stereocenters. The average Bonchev–Trinajstić information content (AvgIpc) is 2.78. The molecular weight excluding hydrogens is 380 g/mol.